The van der Waals surface area contributed by atoms with E-state index in [-0.39, 0.29) is 30.2 Å². The summed E-state index contributed by atoms with van der Waals surface area (Å²) in [5, 5.41) is 11.3. The zero-order chi connectivity index (χ0) is 14.2. The number of rotatable bonds is 3. The Bertz CT molecular complexity index is 382. The quantitative estimate of drug-likeness (QED) is 0.557. The van der Waals surface area contributed by atoms with Crippen LogP contribution >= 0.6 is 0 Å². The Labute approximate surface area is 111 Å². The molecule has 0 unspecified atom stereocenters. The molecule has 1 saturated heterocycles. The first-order chi connectivity index (χ1) is 8.84. The number of Topliss-reactive ketones (excluding diaryl/α,β-unsaturated/α-hetero) is 1. The number of ketones is 1. The summed E-state index contributed by atoms with van der Waals surface area (Å²) in [6, 6.07) is -0.926. The molecule has 7 heteroatoms. The first kappa shape index (κ1) is 14.4. The van der Waals surface area contributed by atoms with Gasteiger partial charge < -0.3 is 14.2 Å². The molecule has 1 saturated carbocycles. The first-order valence-electron chi connectivity index (χ1n) is 6.34. The molecule has 2 aliphatic rings. The Kier molecular flexibility index (Phi) is 3.89. The van der Waals surface area contributed by atoms with Gasteiger partial charge in [-0.3, -0.25) is 14.9 Å². The van der Waals surface area contributed by atoms with E-state index >= 15 is 0 Å². The summed E-state index contributed by atoms with van der Waals surface area (Å²) in [5.41, 5.74) is 0. The number of carbonyl (C=O) groups excluding carboxylic acids is 1. The summed E-state index contributed by atoms with van der Waals surface area (Å²) in [5.74, 6) is -1.28. The monoisotopic (exact) mass is 273 g/mol. The minimum absolute atomic E-state index is 0.0248. The molecule has 2 fully saturated rings. The first-order valence-corrected chi connectivity index (χ1v) is 6.34. The molecule has 1 aliphatic heterocycles. The van der Waals surface area contributed by atoms with Crippen LogP contribution in [-0.4, -0.2) is 48.5 Å². The lowest BCUT2D eigenvalue weighted by Gasteiger charge is -2.33. The van der Waals surface area contributed by atoms with Crippen LogP contribution in [0.15, 0.2) is 0 Å². The molecule has 0 radical (unpaired) electrons. The Morgan fingerprint density at radius 1 is 1.42 bits per heavy atom. The second-order valence-corrected chi connectivity index (χ2v) is 5.53. The number of ether oxygens (including phenoxy) is 3. The lowest BCUT2D eigenvalue weighted by molar-refractivity contribution is -0.548. The van der Waals surface area contributed by atoms with Crippen LogP contribution in [0.3, 0.4) is 0 Å². The third-order valence-electron chi connectivity index (χ3n) is 3.77. The minimum atomic E-state index is -0.926. The molecule has 108 valence electrons. The summed E-state index contributed by atoms with van der Waals surface area (Å²) in [4.78, 5) is 22.6. The maximum atomic E-state index is 11.7. The van der Waals surface area contributed by atoms with Crippen molar-refractivity contribution in [3.05, 3.63) is 10.1 Å². The number of hydrogen-bond donors (Lipinski definition) is 0. The molecule has 0 amide bonds. The van der Waals surface area contributed by atoms with Gasteiger partial charge in [0.1, 0.15) is 11.9 Å². The van der Waals surface area contributed by atoms with Crippen LogP contribution in [-0.2, 0) is 19.0 Å². The van der Waals surface area contributed by atoms with Crippen molar-refractivity contribution in [1.29, 1.82) is 0 Å². The molecular weight excluding hydrogens is 254 g/mol. The standard InChI is InChI=1S/C12H19NO6/c1-12(2)18-6-10(19-12)8-4-7(14)5-9(17-3)11(8)13(15)16/h8-11H,4-6H2,1-3H3/t8-,9-,10+,11-/m0/s1. The maximum Gasteiger partial charge on any atom is 0.245 e. The van der Waals surface area contributed by atoms with Crippen LogP contribution in [0.25, 0.3) is 0 Å². The van der Waals surface area contributed by atoms with Gasteiger partial charge in [-0.25, -0.2) is 0 Å². The average molecular weight is 273 g/mol. The molecule has 19 heavy (non-hydrogen) atoms. The second kappa shape index (κ2) is 5.15. The van der Waals surface area contributed by atoms with Crippen LogP contribution in [0, 0.1) is 16.0 Å². The van der Waals surface area contributed by atoms with E-state index in [1.807, 2.05) is 0 Å². The van der Waals surface area contributed by atoms with Gasteiger partial charge in [0.15, 0.2) is 5.79 Å². The molecule has 4 atom stereocenters. The van der Waals surface area contributed by atoms with Crippen molar-refractivity contribution in [1.82, 2.24) is 0 Å². The van der Waals surface area contributed by atoms with Gasteiger partial charge in [-0.05, 0) is 13.8 Å². The minimum Gasteiger partial charge on any atom is -0.374 e. The van der Waals surface area contributed by atoms with E-state index in [0.717, 1.165) is 0 Å². The summed E-state index contributed by atoms with van der Waals surface area (Å²) >= 11 is 0. The highest BCUT2D eigenvalue weighted by Crippen LogP contribution is 2.35. The SMILES string of the molecule is CO[C@H]1CC(=O)C[C@@H]([C@H]2COC(C)(C)O2)[C@@H]1[N+](=O)[O-]. The normalized spacial score (nSPS) is 38.4. The van der Waals surface area contributed by atoms with Gasteiger partial charge in [0.05, 0.1) is 18.6 Å². The van der Waals surface area contributed by atoms with E-state index in [1.54, 1.807) is 13.8 Å². The molecule has 1 heterocycles. The summed E-state index contributed by atoms with van der Waals surface area (Å²) in [7, 11) is 1.40. The number of nitrogens with zero attached hydrogens (tertiary/aromatic N) is 1. The zero-order valence-electron chi connectivity index (χ0n) is 11.3. The van der Waals surface area contributed by atoms with Gasteiger partial charge >= 0.3 is 0 Å². The lowest BCUT2D eigenvalue weighted by Crippen LogP contribution is -2.52. The van der Waals surface area contributed by atoms with Crippen molar-refractivity contribution in [2.45, 2.75) is 50.7 Å². The van der Waals surface area contributed by atoms with Crippen LogP contribution < -0.4 is 0 Å². The largest absolute Gasteiger partial charge is 0.374 e. The predicted molar refractivity (Wildman–Crippen MR) is 64.2 cm³/mol. The van der Waals surface area contributed by atoms with Crippen molar-refractivity contribution >= 4 is 5.78 Å². The molecule has 0 aromatic rings. The van der Waals surface area contributed by atoms with E-state index in [4.69, 9.17) is 14.2 Å². The van der Waals surface area contributed by atoms with E-state index in [1.165, 1.54) is 7.11 Å². The maximum absolute atomic E-state index is 11.7. The molecule has 0 N–H and O–H groups in total. The van der Waals surface area contributed by atoms with Crippen LogP contribution in [0.5, 0.6) is 0 Å². The van der Waals surface area contributed by atoms with Gasteiger partial charge in [0.25, 0.3) is 0 Å². The Morgan fingerprint density at radius 3 is 2.58 bits per heavy atom. The fourth-order valence-corrected chi connectivity index (χ4v) is 2.88. The highest BCUT2D eigenvalue weighted by molar-refractivity contribution is 5.80. The summed E-state index contributed by atoms with van der Waals surface area (Å²) in [6.45, 7) is 3.78. The number of hydrogen-bond acceptors (Lipinski definition) is 6. The predicted octanol–water partition coefficient (Wildman–Crippen LogP) is 0.777. The molecule has 0 bridgehead atoms. The van der Waals surface area contributed by atoms with Crippen molar-refractivity contribution in [3.8, 4) is 0 Å². The molecular formula is C12H19NO6. The van der Waals surface area contributed by atoms with Gasteiger partial charge in [-0.15, -0.1) is 0 Å². The molecule has 1 aliphatic carbocycles. The van der Waals surface area contributed by atoms with Gasteiger partial charge in [0, 0.05) is 24.9 Å². The van der Waals surface area contributed by atoms with E-state index < -0.39 is 30.0 Å². The number of methoxy groups -OCH3 is 1. The molecule has 0 aromatic carbocycles. The van der Waals surface area contributed by atoms with Crippen LogP contribution in [0.1, 0.15) is 26.7 Å². The zero-order valence-corrected chi connectivity index (χ0v) is 11.3. The van der Waals surface area contributed by atoms with Gasteiger partial charge in [0.2, 0.25) is 6.04 Å². The van der Waals surface area contributed by atoms with Crippen LogP contribution in [0.4, 0.5) is 0 Å². The van der Waals surface area contributed by atoms with Crippen molar-refractivity contribution in [3.63, 3.8) is 0 Å². The Balaban J connectivity index is 2.20. The van der Waals surface area contributed by atoms with E-state index in [2.05, 4.69) is 0 Å². The summed E-state index contributed by atoms with van der Waals surface area (Å²) < 4.78 is 16.2. The highest BCUT2D eigenvalue weighted by atomic mass is 16.7. The highest BCUT2D eigenvalue weighted by Gasteiger charge is 2.52. The van der Waals surface area contributed by atoms with Crippen molar-refractivity contribution in [2.75, 3.05) is 13.7 Å². The van der Waals surface area contributed by atoms with Crippen LogP contribution in [0.2, 0.25) is 0 Å². The Hall–Kier alpha value is -1.05. The molecule has 0 spiro atoms. The third-order valence-corrected chi connectivity index (χ3v) is 3.77. The lowest BCUT2D eigenvalue weighted by atomic mass is 9.79. The van der Waals surface area contributed by atoms with Gasteiger partial charge in [-0.2, -0.15) is 0 Å². The third kappa shape index (κ3) is 2.93. The van der Waals surface area contributed by atoms with E-state index in [9.17, 15) is 14.9 Å². The smallest absolute Gasteiger partial charge is 0.245 e. The molecule has 0 aromatic heterocycles. The van der Waals surface area contributed by atoms with Crippen molar-refractivity contribution in [2.24, 2.45) is 5.92 Å². The Morgan fingerprint density at radius 2 is 2.11 bits per heavy atom. The van der Waals surface area contributed by atoms with Crippen molar-refractivity contribution < 1.29 is 23.9 Å². The number of carbonyl (C=O) groups is 1. The molecule has 7 nitrogen and oxygen atoms in total. The topological polar surface area (TPSA) is 87.9 Å². The van der Waals surface area contributed by atoms with Gasteiger partial charge in [-0.1, -0.05) is 0 Å². The molecule has 2 rings (SSSR count). The average Bonchev–Trinajstić information content (AvgIpc) is 2.67. The fourth-order valence-electron chi connectivity index (χ4n) is 2.88. The fraction of sp³-hybridized carbons (Fsp3) is 0.917. The number of nitro groups is 1. The summed E-state index contributed by atoms with van der Waals surface area (Å²) in [6.07, 6.45) is -0.883. The van der Waals surface area contributed by atoms with E-state index in [0.29, 0.717) is 0 Å². The second-order valence-electron chi connectivity index (χ2n) is 5.53.